The Labute approximate surface area is 108 Å². The molecule has 0 saturated carbocycles. The Morgan fingerprint density at radius 2 is 1.12 bits per heavy atom. The van der Waals surface area contributed by atoms with Crippen molar-refractivity contribution in [2.45, 2.75) is 78.6 Å². The minimum absolute atomic E-state index is 0.193. The third kappa shape index (κ3) is 25.5. The third-order valence-corrected chi connectivity index (χ3v) is 2.51. The topological polar surface area (TPSA) is 64.4 Å². The molecule has 0 aromatic heterocycles. The summed E-state index contributed by atoms with van der Waals surface area (Å²) in [7, 11) is 0. The summed E-state index contributed by atoms with van der Waals surface area (Å²) in [6, 6.07) is 0. The zero-order chi connectivity index (χ0) is 13.4. The van der Waals surface area contributed by atoms with Crippen molar-refractivity contribution in [1.29, 1.82) is 0 Å². The maximum atomic E-state index is 5.06. The first-order chi connectivity index (χ1) is 8.18. The van der Waals surface area contributed by atoms with Crippen molar-refractivity contribution in [1.82, 2.24) is 0 Å². The van der Waals surface area contributed by atoms with Crippen LogP contribution in [0.25, 0.3) is 0 Å². The van der Waals surface area contributed by atoms with Crippen molar-refractivity contribution in [2.75, 3.05) is 6.54 Å². The van der Waals surface area contributed by atoms with Gasteiger partial charge in [-0.05, 0) is 6.42 Å². The van der Waals surface area contributed by atoms with E-state index >= 15 is 0 Å². The second-order valence-corrected chi connectivity index (χ2v) is 4.43. The van der Waals surface area contributed by atoms with Gasteiger partial charge in [-0.15, -0.1) is 0 Å². The molecule has 0 aliphatic carbocycles. The molecule has 0 radical (unpaired) electrons. The van der Waals surface area contributed by atoms with Crippen molar-refractivity contribution >= 4 is 5.96 Å². The number of guanidine groups is 1. The van der Waals surface area contributed by atoms with E-state index in [-0.39, 0.29) is 5.96 Å². The Kier molecular flexibility index (Phi) is 19.4. The van der Waals surface area contributed by atoms with Gasteiger partial charge in [0.15, 0.2) is 5.96 Å². The summed E-state index contributed by atoms with van der Waals surface area (Å²) in [5.74, 6) is 0.193. The van der Waals surface area contributed by atoms with Crippen LogP contribution < -0.4 is 11.5 Å². The Morgan fingerprint density at radius 1 is 0.706 bits per heavy atom. The smallest absolute Gasteiger partial charge is 0.185 e. The summed E-state index contributed by atoms with van der Waals surface area (Å²) in [5, 5.41) is 0. The van der Waals surface area contributed by atoms with Crippen LogP contribution in [0.3, 0.4) is 0 Å². The summed E-state index contributed by atoms with van der Waals surface area (Å²) < 4.78 is 0. The quantitative estimate of drug-likeness (QED) is 0.367. The minimum atomic E-state index is 0.193. The molecule has 0 atom stereocenters. The number of nitrogens with two attached hydrogens (primary N) is 2. The summed E-state index contributed by atoms with van der Waals surface area (Å²) in [6.07, 6.45) is 12.2. The molecule has 4 N–H and O–H groups in total. The lowest BCUT2D eigenvalue weighted by Gasteiger charge is -1.96. The SMILES string of the molecule is CCCCCCCCC.CCCCN=C(N)N. The van der Waals surface area contributed by atoms with Gasteiger partial charge in [0.2, 0.25) is 0 Å². The highest BCUT2D eigenvalue weighted by atomic mass is 15.0. The van der Waals surface area contributed by atoms with Crippen LogP contribution in [0.5, 0.6) is 0 Å². The van der Waals surface area contributed by atoms with Gasteiger partial charge < -0.3 is 11.5 Å². The minimum Gasteiger partial charge on any atom is -0.370 e. The van der Waals surface area contributed by atoms with Crippen LogP contribution in [0.1, 0.15) is 78.6 Å². The van der Waals surface area contributed by atoms with Crippen molar-refractivity contribution < 1.29 is 0 Å². The van der Waals surface area contributed by atoms with Crippen molar-refractivity contribution in [3.63, 3.8) is 0 Å². The molecule has 0 bridgehead atoms. The average molecular weight is 243 g/mol. The van der Waals surface area contributed by atoms with Crippen LogP contribution in [0.2, 0.25) is 0 Å². The van der Waals surface area contributed by atoms with E-state index in [9.17, 15) is 0 Å². The Bertz CT molecular complexity index is 146. The molecule has 17 heavy (non-hydrogen) atoms. The first-order valence-electron chi connectivity index (χ1n) is 7.24. The highest BCUT2D eigenvalue weighted by molar-refractivity contribution is 5.75. The molecule has 0 saturated heterocycles. The molecule has 0 aliphatic heterocycles. The van der Waals surface area contributed by atoms with E-state index in [0.29, 0.717) is 0 Å². The predicted molar refractivity (Wildman–Crippen MR) is 79.3 cm³/mol. The van der Waals surface area contributed by atoms with E-state index in [1.165, 1.54) is 44.9 Å². The highest BCUT2D eigenvalue weighted by Gasteiger charge is 1.85. The molecule has 0 spiro atoms. The summed E-state index contributed by atoms with van der Waals surface area (Å²) in [4.78, 5) is 3.79. The van der Waals surface area contributed by atoms with Crippen molar-refractivity contribution in [2.24, 2.45) is 16.5 Å². The van der Waals surface area contributed by atoms with E-state index in [1.807, 2.05) is 0 Å². The molecule has 0 aromatic carbocycles. The number of rotatable bonds is 9. The van der Waals surface area contributed by atoms with Gasteiger partial charge in [0, 0.05) is 6.54 Å². The fraction of sp³-hybridized carbons (Fsp3) is 0.929. The van der Waals surface area contributed by atoms with E-state index in [4.69, 9.17) is 11.5 Å². The molecule has 104 valence electrons. The van der Waals surface area contributed by atoms with Crippen molar-refractivity contribution in [3.05, 3.63) is 0 Å². The molecule has 0 fully saturated rings. The van der Waals surface area contributed by atoms with Gasteiger partial charge in [-0.25, -0.2) is 0 Å². The maximum Gasteiger partial charge on any atom is 0.185 e. The first kappa shape index (κ1) is 18.6. The lowest BCUT2D eigenvalue weighted by Crippen LogP contribution is -2.22. The van der Waals surface area contributed by atoms with Crippen molar-refractivity contribution in [3.8, 4) is 0 Å². The molecule has 0 aromatic rings. The summed E-state index contributed by atoms with van der Waals surface area (Å²) in [6.45, 7) is 7.39. The van der Waals surface area contributed by atoms with E-state index in [1.54, 1.807) is 0 Å². The Morgan fingerprint density at radius 3 is 1.47 bits per heavy atom. The number of aliphatic imine (C=N–C) groups is 1. The van der Waals surface area contributed by atoms with E-state index in [2.05, 4.69) is 25.8 Å². The van der Waals surface area contributed by atoms with Gasteiger partial charge in [0.25, 0.3) is 0 Å². The van der Waals surface area contributed by atoms with Gasteiger partial charge >= 0.3 is 0 Å². The normalized spacial score (nSPS) is 9.35. The summed E-state index contributed by atoms with van der Waals surface area (Å²) in [5.41, 5.74) is 10.1. The molecule has 3 nitrogen and oxygen atoms in total. The average Bonchev–Trinajstić information content (AvgIpc) is 2.30. The molecule has 0 rings (SSSR count). The molecule has 3 heteroatoms. The van der Waals surface area contributed by atoms with Gasteiger partial charge in [-0.1, -0.05) is 72.1 Å². The number of hydrogen-bond donors (Lipinski definition) is 2. The lowest BCUT2D eigenvalue weighted by molar-refractivity contribution is 0.602. The Balaban J connectivity index is 0. The number of nitrogens with zero attached hydrogens (tertiary/aromatic N) is 1. The predicted octanol–water partition coefficient (Wildman–Crippen LogP) is 3.82. The fourth-order valence-corrected chi connectivity index (χ4v) is 1.40. The van der Waals surface area contributed by atoms with Crippen LogP contribution in [0, 0.1) is 0 Å². The second-order valence-electron chi connectivity index (χ2n) is 4.43. The van der Waals surface area contributed by atoms with Crippen LogP contribution >= 0.6 is 0 Å². The van der Waals surface area contributed by atoms with Gasteiger partial charge in [-0.2, -0.15) is 0 Å². The van der Waals surface area contributed by atoms with Gasteiger partial charge in [-0.3, -0.25) is 4.99 Å². The van der Waals surface area contributed by atoms with Crippen LogP contribution in [0.4, 0.5) is 0 Å². The largest absolute Gasteiger partial charge is 0.370 e. The number of unbranched alkanes of at least 4 members (excludes halogenated alkanes) is 7. The van der Waals surface area contributed by atoms with Gasteiger partial charge in [0.1, 0.15) is 0 Å². The van der Waals surface area contributed by atoms with Gasteiger partial charge in [0.05, 0.1) is 0 Å². The zero-order valence-corrected chi connectivity index (χ0v) is 12.2. The molecular weight excluding hydrogens is 210 g/mol. The zero-order valence-electron chi connectivity index (χ0n) is 12.2. The summed E-state index contributed by atoms with van der Waals surface area (Å²) >= 11 is 0. The molecular formula is C14H33N3. The van der Waals surface area contributed by atoms with E-state index < -0.39 is 0 Å². The number of hydrogen-bond acceptors (Lipinski definition) is 1. The lowest BCUT2D eigenvalue weighted by atomic mass is 10.1. The molecule has 0 heterocycles. The van der Waals surface area contributed by atoms with Crippen LogP contribution in [-0.4, -0.2) is 12.5 Å². The maximum absolute atomic E-state index is 5.06. The fourth-order valence-electron chi connectivity index (χ4n) is 1.40. The van der Waals surface area contributed by atoms with E-state index in [0.717, 1.165) is 19.4 Å². The molecule has 0 unspecified atom stereocenters. The molecule has 0 aliphatic rings. The second kappa shape index (κ2) is 17.7. The van der Waals surface area contributed by atoms with Crippen LogP contribution in [-0.2, 0) is 0 Å². The highest BCUT2D eigenvalue weighted by Crippen LogP contribution is 2.05. The molecule has 0 amide bonds. The van der Waals surface area contributed by atoms with Crippen LogP contribution in [0.15, 0.2) is 4.99 Å². The monoisotopic (exact) mass is 243 g/mol. The standard InChI is InChI=1S/C9H20.C5H13N3/c1-3-5-7-9-8-6-4-2;1-2-3-4-8-5(6)7/h3-9H2,1-2H3;2-4H2,1H3,(H4,6,7,8). The Hall–Kier alpha value is -0.730. The first-order valence-corrected chi connectivity index (χ1v) is 7.24. The third-order valence-electron chi connectivity index (χ3n) is 2.51.